The first kappa shape index (κ1) is 17.5. The van der Waals surface area contributed by atoms with Gasteiger partial charge in [-0.3, -0.25) is 9.36 Å². The van der Waals surface area contributed by atoms with Crippen molar-refractivity contribution in [2.24, 2.45) is 0 Å². The van der Waals surface area contributed by atoms with Crippen molar-refractivity contribution >= 4 is 35.0 Å². The van der Waals surface area contributed by atoms with E-state index in [-0.39, 0.29) is 5.91 Å². The number of carbonyl (C=O) groups is 1. The van der Waals surface area contributed by atoms with Crippen molar-refractivity contribution in [3.05, 3.63) is 76.4 Å². The maximum absolute atomic E-state index is 12.1. The number of hydrogen-bond acceptors (Lipinski definition) is 3. The number of benzene rings is 2. The maximum atomic E-state index is 12.1. The summed E-state index contributed by atoms with van der Waals surface area (Å²) in [5.41, 5.74) is 1.25. The standard InChI is InChI=1S/C17H17BrNO3P/c1-23(2,21)22-16(14-9-6-10-15(18)11-14)12-19-17(20)13-7-4-3-5-8-13/h3-12H,1-2H3,(H,19,20). The van der Waals surface area contributed by atoms with E-state index in [1.165, 1.54) is 19.5 Å². The molecule has 0 aliphatic rings. The summed E-state index contributed by atoms with van der Waals surface area (Å²) in [7, 11) is -2.77. The van der Waals surface area contributed by atoms with Gasteiger partial charge in [0.25, 0.3) is 5.91 Å². The molecular formula is C17H17BrNO3P. The molecule has 2 aromatic rings. The van der Waals surface area contributed by atoms with Crippen LogP contribution >= 0.6 is 23.3 Å². The van der Waals surface area contributed by atoms with Crippen molar-refractivity contribution in [3.8, 4) is 0 Å². The third-order valence-corrected chi connectivity index (χ3v) is 3.93. The summed E-state index contributed by atoms with van der Waals surface area (Å²) in [6, 6.07) is 16.2. The Bertz CT molecular complexity index is 768. The Kier molecular flexibility index (Phi) is 5.80. The molecule has 23 heavy (non-hydrogen) atoms. The monoisotopic (exact) mass is 393 g/mol. The molecule has 0 atom stereocenters. The van der Waals surface area contributed by atoms with Crippen LogP contribution in [0.1, 0.15) is 15.9 Å². The molecule has 0 aromatic heterocycles. The zero-order chi connectivity index (χ0) is 16.9. The fraction of sp³-hybridized carbons (Fsp3) is 0.118. The molecule has 0 bridgehead atoms. The van der Waals surface area contributed by atoms with E-state index >= 15 is 0 Å². The molecule has 120 valence electrons. The highest BCUT2D eigenvalue weighted by molar-refractivity contribution is 9.10. The van der Waals surface area contributed by atoms with E-state index in [0.717, 1.165) is 10.0 Å². The highest BCUT2D eigenvalue weighted by Gasteiger charge is 2.14. The van der Waals surface area contributed by atoms with Crippen LogP contribution in [-0.4, -0.2) is 19.2 Å². The lowest BCUT2D eigenvalue weighted by Crippen LogP contribution is -2.17. The van der Waals surface area contributed by atoms with Crippen molar-refractivity contribution < 1.29 is 13.9 Å². The minimum atomic E-state index is -2.77. The molecule has 0 fully saturated rings. The topological polar surface area (TPSA) is 55.4 Å². The van der Waals surface area contributed by atoms with E-state index in [1.54, 1.807) is 24.3 Å². The predicted molar refractivity (Wildman–Crippen MR) is 96.6 cm³/mol. The second-order valence-electron chi connectivity index (χ2n) is 5.20. The second kappa shape index (κ2) is 7.62. The lowest BCUT2D eigenvalue weighted by molar-refractivity contribution is 0.0969. The molecule has 6 heteroatoms. The van der Waals surface area contributed by atoms with Crippen molar-refractivity contribution in [1.29, 1.82) is 0 Å². The Hall–Kier alpha value is -1.84. The van der Waals surface area contributed by atoms with E-state index in [1.807, 2.05) is 30.3 Å². The first-order chi connectivity index (χ1) is 10.8. The van der Waals surface area contributed by atoms with Gasteiger partial charge in [-0.1, -0.05) is 46.3 Å². The molecule has 0 saturated carbocycles. The molecule has 4 nitrogen and oxygen atoms in total. The second-order valence-corrected chi connectivity index (χ2v) is 8.80. The molecule has 0 spiro atoms. The molecule has 0 heterocycles. The van der Waals surface area contributed by atoms with E-state index in [2.05, 4.69) is 21.2 Å². The van der Waals surface area contributed by atoms with Gasteiger partial charge in [-0.05, 0) is 24.3 Å². The highest BCUT2D eigenvalue weighted by atomic mass is 79.9. The van der Waals surface area contributed by atoms with Crippen molar-refractivity contribution in [1.82, 2.24) is 5.32 Å². The molecule has 1 amide bonds. The Morgan fingerprint density at radius 1 is 1.09 bits per heavy atom. The van der Waals surface area contributed by atoms with E-state index < -0.39 is 7.37 Å². The molecule has 1 N–H and O–H groups in total. The average Bonchev–Trinajstić information content (AvgIpc) is 2.51. The molecule has 0 saturated heterocycles. The number of amides is 1. The van der Waals surface area contributed by atoms with Gasteiger partial charge >= 0.3 is 0 Å². The van der Waals surface area contributed by atoms with Crippen LogP contribution in [0.25, 0.3) is 5.76 Å². The fourth-order valence-electron chi connectivity index (χ4n) is 1.84. The summed E-state index contributed by atoms with van der Waals surface area (Å²) in [6.07, 6.45) is 1.44. The van der Waals surface area contributed by atoms with Crippen LogP contribution in [0.2, 0.25) is 0 Å². The summed E-state index contributed by atoms with van der Waals surface area (Å²) in [5.74, 6) is 0.0904. The normalized spacial score (nSPS) is 11.9. The first-order valence-electron chi connectivity index (χ1n) is 6.92. The van der Waals surface area contributed by atoms with Gasteiger partial charge in [0.2, 0.25) is 7.37 Å². The van der Waals surface area contributed by atoms with Gasteiger partial charge in [0, 0.05) is 35.1 Å². The van der Waals surface area contributed by atoms with Crippen LogP contribution in [0.4, 0.5) is 0 Å². The number of halogens is 1. The minimum absolute atomic E-state index is 0.260. The minimum Gasteiger partial charge on any atom is -0.441 e. The number of carbonyl (C=O) groups excluding carboxylic acids is 1. The third kappa shape index (κ3) is 5.70. The Balaban J connectivity index is 2.26. The van der Waals surface area contributed by atoms with Gasteiger partial charge in [-0.2, -0.15) is 0 Å². The Morgan fingerprint density at radius 3 is 2.35 bits per heavy atom. The quantitative estimate of drug-likeness (QED) is 0.589. The first-order valence-corrected chi connectivity index (χ1v) is 10.2. The summed E-state index contributed by atoms with van der Waals surface area (Å²) in [6.45, 7) is 3.05. The van der Waals surface area contributed by atoms with Gasteiger partial charge in [-0.15, -0.1) is 0 Å². The SMILES string of the molecule is CP(C)(=O)OC(=CNC(=O)c1ccccc1)c1cccc(Br)c1. The van der Waals surface area contributed by atoms with E-state index in [0.29, 0.717) is 11.3 Å². The van der Waals surface area contributed by atoms with Gasteiger partial charge in [0.1, 0.15) is 5.76 Å². The zero-order valence-electron chi connectivity index (χ0n) is 12.8. The lowest BCUT2D eigenvalue weighted by Gasteiger charge is -2.15. The maximum Gasteiger partial charge on any atom is 0.255 e. The summed E-state index contributed by atoms with van der Waals surface area (Å²) >= 11 is 3.39. The summed E-state index contributed by atoms with van der Waals surface area (Å²) in [5, 5.41) is 2.68. The predicted octanol–water partition coefficient (Wildman–Crippen LogP) is 4.73. The van der Waals surface area contributed by atoms with Crippen LogP contribution < -0.4 is 5.32 Å². The highest BCUT2D eigenvalue weighted by Crippen LogP contribution is 2.43. The fourth-order valence-corrected chi connectivity index (χ4v) is 2.88. The lowest BCUT2D eigenvalue weighted by atomic mass is 10.2. The average molecular weight is 394 g/mol. The van der Waals surface area contributed by atoms with Crippen LogP contribution in [-0.2, 0) is 9.09 Å². The van der Waals surface area contributed by atoms with Gasteiger partial charge in [0.05, 0.1) is 0 Å². The Labute approximate surface area is 144 Å². The van der Waals surface area contributed by atoms with Gasteiger partial charge < -0.3 is 9.84 Å². The van der Waals surface area contributed by atoms with Crippen molar-refractivity contribution in [2.45, 2.75) is 0 Å². The van der Waals surface area contributed by atoms with Gasteiger partial charge in [-0.25, -0.2) is 0 Å². The number of hydrogen-bond donors (Lipinski definition) is 1. The number of nitrogens with one attached hydrogen (secondary N) is 1. The molecule has 0 unspecified atom stereocenters. The molecule has 0 aliphatic heterocycles. The van der Waals surface area contributed by atoms with Crippen LogP contribution in [0, 0.1) is 0 Å². The van der Waals surface area contributed by atoms with Crippen LogP contribution in [0.5, 0.6) is 0 Å². The van der Waals surface area contributed by atoms with E-state index in [9.17, 15) is 9.36 Å². The Morgan fingerprint density at radius 2 is 1.74 bits per heavy atom. The molecular weight excluding hydrogens is 377 g/mol. The number of rotatable bonds is 5. The molecule has 0 radical (unpaired) electrons. The largest absolute Gasteiger partial charge is 0.441 e. The zero-order valence-corrected chi connectivity index (χ0v) is 15.3. The van der Waals surface area contributed by atoms with Crippen LogP contribution in [0.15, 0.2) is 65.3 Å². The van der Waals surface area contributed by atoms with Crippen LogP contribution in [0.3, 0.4) is 0 Å². The third-order valence-electron chi connectivity index (χ3n) is 2.80. The molecule has 2 aromatic carbocycles. The molecule has 0 aliphatic carbocycles. The van der Waals surface area contributed by atoms with E-state index in [4.69, 9.17) is 4.52 Å². The summed E-state index contributed by atoms with van der Waals surface area (Å²) < 4.78 is 18.4. The van der Waals surface area contributed by atoms with Crippen molar-refractivity contribution in [2.75, 3.05) is 13.3 Å². The van der Waals surface area contributed by atoms with Crippen molar-refractivity contribution in [3.63, 3.8) is 0 Å². The summed E-state index contributed by atoms with van der Waals surface area (Å²) in [4.78, 5) is 12.1. The molecule has 2 rings (SSSR count). The smallest absolute Gasteiger partial charge is 0.255 e. The van der Waals surface area contributed by atoms with Gasteiger partial charge in [0.15, 0.2) is 0 Å².